The Morgan fingerprint density at radius 2 is 2.30 bits per heavy atom. The molecular weight excluding hydrogens is 250 g/mol. The molecule has 2 aliphatic rings. The molecule has 2 unspecified atom stereocenters. The molecule has 1 aliphatic heterocycles. The molecule has 0 bridgehead atoms. The monoisotopic (exact) mass is 275 g/mol. The Hall–Kier alpha value is -1.00. The maximum absolute atomic E-state index is 5.44. The largest absolute Gasteiger partial charge is 0.381 e. The highest BCUT2D eigenvalue weighted by Gasteiger charge is 2.33. The van der Waals surface area contributed by atoms with Gasteiger partial charge in [-0.1, -0.05) is 13.8 Å². The summed E-state index contributed by atoms with van der Waals surface area (Å²) in [7, 11) is 2.03. The van der Waals surface area contributed by atoms with Crippen LogP contribution in [-0.4, -0.2) is 30.2 Å². The number of hydrogen-bond acceptors (Lipinski definition) is 4. The third kappa shape index (κ3) is 2.86. The molecule has 0 saturated carbocycles. The van der Waals surface area contributed by atoms with E-state index in [-0.39, 0.29) is 0 Å². The molecule has 4 nitrogen and oxygen atoms in total. The van der Waals surface area contributed by atoms with E-state index in [1.165, 1.54) is 11.3 Å². The van der Waals surface area contributed by atoms with Crippen molar-refractivity contribution >= 4 is 0 Å². The third-order valence-corrected chi connectivity index (χ3v) is 4.57. The van der Waals surface area contributed by atoms with Crippen LogP contribution in [0.15, 0.2) is 6.20 Å². The Kier molecular flexibility index (Phi) is 3.78. The Balaban J connectivity index is 1.83. The van der Waals surface area contributed by atoms with Gasteiger partial charge in [-0.3, -0.25) is 0 Å². The quantitative estimate of drug-likeness (QED) is 0.919. The summed E-state index contributed by atoms with van der Waals surface area (Å²) in [5.41, 5.74) is 2.84. The number of nitrogens with zero attached hydrogens (tertiary/aromatic N) is 2. The van der Waals surface area contributed by atoms with Crippen molar-refractivity contribution in [1.29, 1.82) is 0 Å². The molecule has 0 spiro atoms. The van der Waals surface area contributed by atoms with Crippen molar-refractivity contribution in [2.45, 2.75) is 45.6 Å². The van der Waals surface area contributed by atoms with Gasteiger partial charge < -0.3 is 10.1 Å². The molecular formula is C16H25N3O. The van der Waals surface area contributed by atoms with Gasteiger partial charge in [0.2, 0.25) is 0 Å². The topological polar surface area (TPSA) is 47.0 Å². The average molecular weight is 275 g/mol. The lowest BCUT2D eigenvalue weighted by Gasteiger charge is -2.36. The summed E-state index contributed by atoms with van der Waals surface area (Å²) in [5.74, 6) is 1.59. The molecule has 0 radical (unpaired) electrons. The highest BCUT2D eigenvalue weighted by Crippen LogP contribution is 2.39. The predicted molar refractivity (Wildman–Crippen MR) is 78.6 cm³/mol. The van der Waals surface area contributed by atoms with Crippen molar-refractivity contribution in [2.75, 3.05) is 20.3 Å². The second-order valence-corrected chi connectivity index (χ2v) is 7.01. The summed E-state index contributed by atoms with van der Waals surface area (Å²) >= 11 is 0. The lowest BCUT2D eigenvalue weighted by atomic mass is 9.74. The standard InChI is InChI=1S/C16H25N3O/c1-16(2)7-13(17-3)12-9-18-15(19-14(12)8-16)6-11-4-5-20-10-11/h9,11,13,17H,4-8,10H2,1-3H3. The van der Waals surface area contributed by atoms with Crippen molar-refractivity contribution in [3.8, 4) is 0 Å². The van der Waals surface area contributed by atoms with Gasteiger partial charge in [-0.25, -0.2) is 9.97 Å². The Morgan fingerprint density at radius 3 is 3.00 bits per heavy atom. The van der Waals surface area contributed by atoms with Gasteiger partial charge in [0.05, 0.1) is 0 Å². The van der Waals surface area contributed by atoms with Crippen molar-refractivity contribution in [3.63, 3.8) is 0 Å². The van der Waals surface area contributed by atoms with Crippen LogP contribution in [0.3, 0.4) is 0 Å². The van der Waals surface area contributed by atoms with Crippen LogP contribution >= 0.6 is 0 Å². The Bertz CT molecular complexity index is 481. The van der Waals surface area contributed by atoms with Crippen LogP contribution < -0.4 is 5.32 Å². The molecule has 20 heavy (non-hydrogen) atoms. The van der Waals surface area contributed by atoms with Gasteiger partial charge in [-0.2, -0.15) is 0 Å². The molecule has 2 heterocycles. The van der Waals surface area contributed by atoms with Gasteiger partial charge in [0.15, 0.2) is 0 Å². The molecule has 3 rings (SSSR count). The number of ether oxygens (including phenoxy) is 1. The highest BCUT2D eigenvalue weighted by molar-refractivity contribution is 5.26. The maximum atomic E-state index is 5.44. The molecule has 1 aliphatic carbocycles. The van der Waals surface area contributed by atoms with E-state index in [0.717, 1.165) is 44.7 Å². The van der Waals surface area contributed by atoms with Gasteiger partial charge in [0, 0.05) is 43.1 Å². The number of fused-ring (bicyclic) bond motifs is 1. The van der Waals surface area contributed by atoms with Crippen molar-refractivity contribution < 1.29 is 4.74 Å². The normalized spacial score (nSPS) is 28.4. The van der Waals surface area contributed by atoms with Gasteiger partial charge in [0.25, 0.3) is 0 Å². The summed E-state index contributed by atoms with van der Waals surface area (Å²) in [4.78, 5) is 9.46. The Morgan fingerprint density at radius 1 is 1.45 bits per heavy atom. The summed E-state index contributed by atoms with van der Waals surface area (Å²) < 4.78 is 5.44. The zero-order valence-corrected chi connectivity index (χ0v) is 12.8. The van der Waals surface area contributed by atoms with Crippen LogP contribution in [0, 0.1) is 11.3 Å². The molecule has 110 valence electrons. The van der Waals surface area contributed by atoms with Crippen LogP contribution in [0.25, 0.3) is 0 Å². The summed E-state index contributed by atoms with van der Waals surface area (Å²) in [6, 6.07) is 0.387. The zero-order valence-electron chi connectivity index (χ0n) is 12.8. The van der Waals surface area contributed by atoms with E-state index < -0.39 is 0 Å². The first kappa shape index (κ1) is 14.0. The van der Waals surface area contributed by atoms with E-state index in [1.54, 1.807) is 0 Å². The summed E-state index contributed by atoms with van der Waals surface area (Å²) in [6.45, 7) is 6.41. The first-order valence-electron chi connectivity index (χ1n) is 7.67. The lowest BCUT2D eigenvalue weighted by Crippen LogP contribution is -2.33. The zero-order chi connectivity index (χ0) is 14.2. The first-order valence-corrected chi connectivity index (χ1v) is 7.67. The van der Waals surface area contributed by atoms with Crippen LogP contribution in [-0.2, 0) is 17.6 Å². The predicted octanol–water partition coefficient (Wildman–Crippen LogP) is 2.29. The second kappa shape index (κ2) is 5.41. The minimum absolute atomic E-state index is 0.308. The molecule has 1 saturated heterocycles. The van der Waals surface area contributed by atoms with Crippen molar-refractivity contribution in [2.24, 2.45) is 11.3 Å². The van der Waals surface area contributed by atoms with Crippen LogP contribution in [0.1, 0.15) is 49.8 Å². The van der Waals surface area contributed by atoms with Crippen LogP contribution in [0.5, 0.6) is 0 Å². The van der Waals surface area contributed by atoms with E-state index in [4.69, 9.17) is 9.72 Å². The molecule has 0 aromatic carbocycles. The van der Waals surface area contributed by atoms with Gasteiger partial charge >= 0.3 is 0 Å². The smallest absolute Gasteiger partial charge is 0.128 e. The van der Waals surface area contributed by atoms with Gasteiger partial charge in [-0.05, 0) is 37.6 Å². The van der Waals surface area contributed by atoms with E-state index in [0.29, 0.717) is 17.4 Å². The minimum atomic E-state index is 0.308. The van der Waals surface area contributed by atoms with E-state index in [1.807, 2.05) is 13.2 Å². The first-order chi connectivity index (χ1) is 9.57. The minimum Gasteiger partial charge on any atom is -0.381 e. The molecule has 2 atom stereocenters. The molecule has 1 N–H and O–H groups in total. The maximum Gasteiger partial charge on any atom is 0.128 e. The van der Waals surface area contributed by atoms with E-state index in [9.17, 15) is 0 Å². The number of nitrogens with one attached hydrogen (secondary N) is 1. The fourth-order valence-corrected chi connectivity index (χ4v) is 3.45. The Labute approximate surface area is 121 Å². The number of aromatic nitrogens is 2. The van der Waals surface area contributed by atoms with Crippen molar-refractivity contribution in [1.82, 2.24) is 15.3 Å². The number of hydrogen-bond donors (Lipinski definition) is 1. The van der Waals surface area contributed by atoms with Crippen LogP contribution in [0.4, 0.5) is 0 Å². The molecule has 4 heteroatoms. The van der Waals surface area contributed by atoms with E-state index in [2.05, 4.69) is 24.1 Å². The fraction of sp³-hybridized carbons (Fsp3) is 0.750. The van der Waals surface area contributed by atoms with Crippen molar-refractivity contribution in [3.05, 3.63) is 23.3 Å². The summed E-state index contributed by atoms with van der Waals surface area (Å²) in [5, 5.41) is 3.41. The van der Waals surface area contributed by atoms with E-state index >= 15 is 0 Å². The van der Waals surface area contributed by atoms with Crippen LogP contribution in [0.2, 0.25) is 0 Å². The summed E-state index contributed by atoms with van der Waals surface area (Å²) in [6.07, 6.45) is 6.35. The number of rotatable bonds is 3. The molecule has 1 aromatic rings. The molecule has 0 amide bonds. The highest BCUT2D eigenvalue weighted by atomic mass is 16.5. The van der Waals surface area contributed by atoms with Gasteiger partial charge in [0.1, 0.15) is 5.82 Å². The molecule has 1 aromatic heterocycles. The fourth-order valence-electron chi connectivity index (χ4n) is 3.45. The SMILES string of the molecule is CNC1CC(C)(C)Cc2nc(CC3CCOC3)ncc21. The molecule has 1 fully saturated rings. The average Bonchev–Trinajstić information content (AvgIpc) is 2.89. The van der Waals surface area contributed by atoms with Gasteiger partial charge in [-0.15, -0.1) is 0 Å². The second-order valence-electron chi connectivity index (χ2n) is 7.01. The lowest BCUT2D eigenvalue weighted by molar-refractivity contribution is 0.185. The third-order valence-electron chi connectivity index (χ3n) is 4.57.